The van der Waals surface area contributed by atoms with Crippen LogP contribution in [0.1, 0.15) is 12.5 Å². The molecule has 2 unspecified atom stereocenters. The van der Waals surface area contributed by atoms with Crippen LogP contribution in [0.25, 0.3) is 0 Å². The Morgan fingerprint density at radius 1 is 1.50 bits per heavy atom. The van der Waals surface area contributed by atoms with Crippen molar-refractivity contribution in [1.29, 1.82) is 0 Å². The average Bonchev–Trinajstić information content (AvgIpc) is 2.37. The normalized spacial score (nSPS) is 24.3. The van der Waals surface area contributed by atoms with E-state index < -0.39 is 0 Å². The Morgan fingerprint density at radius 2 is 2.28 bits per heavy atom. The molecule has 0 saturated carbocycles. The van der Waals surface area contributed by atoms with E-state index in [2.05, 4.69) is 0 Å². The van der Waals surface area contributed by atoms with Gasteiger partial charge in [0, 0.05) is 19.6 Å². The highest BCUT2D eigenvalue weighted by molar-refractivity contribution is 5.49. The lowest BCUT2D eigenvalue weighted by molar-refractivity contribution is -0.0422. The highest BCUT2D eigenvalue weighted by Crippen LogP contribution is 2.24. The molecule has 0 spiro atoms. The van der Waals surface area contributed by atoms with Gasteiger partial charge in [-0.3, -0.25) is 0 Å². The Kier molecular flexibility index (Phi) is 4.16. The number of aliphatic hydroxyl groups excluding tert-OH is 1. The molecule has 1 aliphatic rings. The molecule has 1 saturated heterocycles. The summed E-state index contributed by atoms with van der Waals surface area (Å²) in [7, 11) is 0. The molecule has 3 N–H and O–H groups in total. The molecular weight excluding hydrogens is 235 g/mol. The Bertz CT molecular complexity index is 414. The molecule has 0 amide bonds. The summed E-state index contributed by atoms with van der Waals surface area (Å²) in [4.78, 5) is 1.91. The van der Waals surface area contributed by atoms with Gasteiger partial charge >= 0.3 is 0 Å². The quantitative estimate of drug-likeness (QED) is 0.840. The monoisotopic (exact) mass is 254 g/mol. The van der Waals surface area contributed by atoms with Gasteiger partial charge < -0.3 is 20.5 Å². The summed E-state index contributed by atoms with van der Waals surface area (Å²) in [6.07, 6.45) is -0.285. The van der Waals surface area contributed by atoms with Gasteiger partial charge in [-0.05, 0) is 24.6 Å². The lowest BCUT2D eigenvalue weighted by Gasteiger charge is -2.37. The lowest BCUT2D eigenvalue weighted by atomic mass is 10.1. The topological polar surface area (TPSA) is 58.7 Å². The summed E-state index contributed by atoms with van der Waals surface area (Å²) < 4.78 is 19.5. The van der Waals surface area contributed by atoms with Crippen LogP contribution < -0.4 is 10.6 Å². The average molecular weight is 254 g/mol. The zero-order chi connectivity index (χ0) is 13.1. The molecule has 100 valence electrons. The Balaban J connectivity index is 2.19. The van der Waals surface area contributed by atoms with E-state index in [0.29, 0.717) is 25.3 Å². The van der Waals surface area contributed by atoms with Crippen molar-refractivity contribution < 1.29 is 14.2 Å². The van der Waals surface area contributed by atoms with Gasteiger partial charge in [0.2, 0.25) is 0 Å². The van der Waals surface area contributed by atoms with Gasteiger partial charge in [0.15, 0.2) is 0 Å². The molecule has 0 aliphatic carbocycles. The van der Waals surface area contributed by atoms with E-state index in [0.717, 1.165) is 5.56 Å². The van der Waals surface area contributed by atoms with Crippen LogP contribution in [0.5, 0.6) is 0 Å². The number of anilines is 1. The van der Waals surface area contributed by atoms with Crippen molar-refractivity contribution >= 4 is 5.69 Å². The van der Waals surface area contributed by atoms with Crippen molar-refractivity contribution in [2.75, 3.05) is 24.6 Å². The van der Waals surface area contributed by atoms with Crippen LogP contribution in [0.4, 0.5) is 10.1 Å². The van der Waals surface area contributed by atoms with E-state index in [-0.39, 0.29) is 24.6 Å². The molecule has 1 heterocycles. The molecular formula is C13H19FN2O2. The Morgan fingerprint density at radius 3 is 2.89 bits per heavy atom. The van der Waals surface area contributed by atoms with Gasteiger partial charge in [-0.15, -0.1) is 0 Å². The number of rotatable bonds is 3. The number of aliphatic hydroxyl groups is 1. The van der Waals surface area contributed by atoms with E-state index >= 15 is 0 Å². The summed E-state index contributed by atoms with van der Waals surface area (Å²) >= 11 is 0. The molecule has 1 aliphatic heterocycles. The molecule has 0 aromatic heterocycles. The fraction of sp³-hybridized carbons (Fsp3) is 0.538. The first-order valence-electron chi connectivity index (χ1n) is 6.13. The number of hydrogen-bond acceptors (Lipinski definition) is 4. The number of nitrogens with two attached hydrogens (primary N) is 1. The van der Waals surface area contributed by atoms with Crippen LogP contribution in [0.3, 0.4) is 0 Å². The fourth-order valence-electron chi connectivity index (χ4n) is 2.28. The van der Waals surface area contributed by atoms with E-state index in [1.54, 1.807) is 6.07 Å². The third-order valence-electron chi connectivity index (χ3n) is 3.12. The number of halogens is 1. The zero-order valence-electron chi connectivity index (χ0n) is 10.5. The van der Waals surface area contributed by atoms with Gasteiger partial charge in [-0.2, -0.15) is 0 Å². The minimum atomic E-state index is -0.274. The van der Waals surface area contributed by atoms with Crippen LogP contribution in [0.15, 0.2) is 18.2 Å². The molecule has 4 nitrogen and oxygen atoms in total. The van der Waals surface area contributed by atoms with Gasteiger partial charge in [0.05, 0.1) is 24.5 Å². The van der Waals surface area contributed by atoms with Crippen LogP contribution >= 0.6 is 0 Å². The standard InChI is InChI=1S/C13H19FN2O2/c1-9-6-16(7-11(8-17)18-9)13-3-2-10(5-15)4-12(13)14/h2-4,9,11,17H,5-8,15H2,1H3. The maximum absolute atomic E-state index is 14.0. The minimum Gasteiger partial charge on any atom is -0.394 e. The van der Waals surface area contributed by atoms with Gasteiger partial charge in [-0.25, -0.2) is 4.39 Å². The molecule has 0 bridgehead atoms. The van der Waals surface area contributed by atoms with Crippen molar-refractivity contribution in [3.8, 4) is 0 Å². The minimum absolute atomic E-state index is 0.0236. The number of benzene rings is 1. The first-order valence-corrected chi connectivity index (χ1v) is 6.13. The first kappa shape index (κ1) is 13.3. The summed E-state index contributed by atoms with van der Waals surface area (Å²) in [6.45, 7) is 3.31. The summed E-state index contributed by atoms with van der Waals surface area (Å²) in [5.74, 6) is -0.274. The van der Waals surface area contributed by atoms with Crippen molar-refractivity contribution in [3.63, 3.8) is 0 Å². The van der Waals surface area contributed by atoms with Gasteiger partial charge in [-0.1, -0.05) is 6.07 Å². The van der Waals surface area contributed by atoms with Crippen molar-refractivity contribution in [1.82, 2.24) is 0 Å². The largest absolute Gasteiger partial charge is 0.394 e. The molecule has 2 atom stereocenters. The molecule has 18 heavy (non-hydrogen) atoms. The van der Waals surface area contributed by atoms with Gasteiger partial charge in [0.25, 0.3) is 0 Å². The van der Waals surface area contributed by atoms with Crippen LogP contribution in [-0.4, -0.2) is 37.0 Å². The predicted octanol–water partition coefficient (Wildman–Crippen LogP) is 0.870. The Hall–Kier alpha value is -1.17. The lowest BCUT2D eigenvalue weighted by Crippen LogP contribution is -2.48. The molecule has 1 aromatic carbocycles. The van der Waals surface area contributed by atoms with Crippen LogP contribution in [-0.2, 0) is 11.3 Å². The second-order valence-electron chi connectivity index (χ2n) is 4.65. The number of morpholine rings is 1. The van der Waals surface area contributed by atoms with E-state index in [4.69, 9.17) is 15.6 Å². The third kappa shape index (κ3) is 2.80. The smallest absolute Gasteiger partial charge is 0.146 e. The van der Waals surface area contributed by atoms with Crippen LogP contribution in [0.2, 0.25) is 0 Å². The SMILES string of the molecule is CC1CN(c2ccc(CN)cc2F)CC(CO)O1. The van der Waals surface area contributed by atoms with E-state index in [9.17, 15) is 4.39 Å². The van der Waals surface area contributed by atoms with Crippen molar-refractivity contribution in [2.45, 2.75) is 25.7 Å². The first-order chi connectivity index (χ1) is 8.63. The molecule has 1 aromatic rings. The molecule has 0 radical (unpaired) electrons. The fourth-order valence-corrected chi connectivity index (χ4v) is 2.28. The van der Waals surface area contributed by atoms with Crippen molar-refractivity contribution in [2.24, 2.45) is 5.73 Å². The number of ether oxygens (including phenoxy) is 1. The molecule has 1 fully saturated rings. The van der Waals surface area contributed by atoms with Gasteiger partial charge in [0.1, 0.15) is 5.82 Å². The zero-order valence-corrected chi connectivity index (χ0v) is 10.5. The van der Waals surface area contributed by atoms with Crippen LogP contribution in [0, 0.1) is 5.82 Å². The highest BCUT2D eigenvalue weighted by Gasteiger charge is 2.26. The Labute approximate surface area is 106 Å². The summed E-state index contributed by atoms with van der Waals surface area (Å²) in [5.41, 5.74) is 6.80. The maximum Gasteiger partial charge on any atom is 0.146 e. The second kappa shape index (κ2) is 5.65. The summed E-state index contributed by atoms with van der Waals surface area (Å²) in [5, 5.41) is 9.16. The maximum atomic E-state index is 14.0. The highest BCUT2D eigenvalue weighted by atomic mass is 19.1. The van der Waals surface area contributed by atoms with Crippen molar-refractivity contribution in [3.05, 3.63) is 29.6 Å². The van der Waals surface area contributed by atoms with E-state index in [1.807, 2.05) is 17.9 Å². The molecule has 5 heteroatoms. The third-order valence-corrected chi connectivity index (χ3v) is 3.12. The number of hydrogen-bond donors (Lipinski definition) is 2. The summed E-state index contributed by atoms with van der Waals surface area (Å²) in [6, 6.07) is 5.03. The van der Waals surface area contributed by atoms with E-state index in [1.165, 1.54) is 6.07 Å². The number of nitrogens with zero attached hydrogens (tertiary/aromatic N) is 1. The molecule has 2 rings (SSSR count). The predicted molar refractivity (Wildman–Crippen MR) is 67.9 cm³/mol. The second-order valence-corrected chi connectivity index (χ2v) is 4.65.